The monoisotopic (exact) mass is 486 g/mol. The van der Waals surface area contributed by atoms with Gasteiger partial charge in [-0.3, -0.25) is 19.5 Å². The number of anilines is 1. The Morgan fingerprint density at radius 1 is 1.09 bits per heavy atom. The molecular weight excluding hydrogens is 470 g/mol. The van der Waals surface area contributed by atoms with Crippen molar-refractivity contribution in [3.63, 3.8) is 0 Å². The molecule has 1 fully saturated rings. The Kier molecular flexibility index (Phi) is 6.21. The predicted octanol–water partition coefficient (Wildman–Crippen LogP) is 4.66. The SMILES string of the molecule is COc1cc(/C(O)=C2\C(=O)C(=O)N(c3ccc(F)cc3F)C2c2cccnc2)c(OC)cc1Cl. The number of ether oxygens (including phenoxy) is 2. The summed E-state index contributed by atoms with van der Waals surface area (Å²) in [5.41, 5.74) is -0.344. The molecule has 4 rings (SSSR count). The van der Waals surface area contributed by atoms with Gasteiger partial charge in [-0.05, 0) is 29.8 Å². The summed E-state index contributed by atoms with van der Waals surface area (Å²) in [6, 6.07) is 7.19. The average Bonchev–Trinajstić information content (AvgIpc) is 3.09. The van der Waals surface area contributed by atoms with Gasteiger partial charge in [0.15, 0.2) is 0 Å². The van der Waals surface area contributed by atoms with Crippen LogP contribution in [0.15, 0.2) is 60.4 Å². The van der Waals surface area contributed by atoms with Crippen LogP contribution < -0.4 is 14.4 Å². The third-order valence-electron chi connectivity index (χ3n) is 5.34. The number of aliphatic hydroxyl groups is 1. The van der Waals surface area contributed by atoms with Gasteiger partial charge in [-0.25, -0.2) is 8.78 Å². The van der Waals surface area contributed by atoms with Crippen LogP contribution >= 0.6 is 11.6 Å². The zero-order chi connectivity index (χ0) is 24.6. The maximum atomic E-state index is 14.7. The van der Waals surface area contributed by atoms with Crippen LogP contribution in [0.5, 0.6) is 11.5 Å². The minimum atomic E-state index is -1.26. The summed E-state index contributed by atoms with van der Waals surface area (Å²) in [7, 11) is 2.70. The lowest BCUT2D eigenvalue weighted by Gasteiger charge is -2.25. The van der Waals surface area contributed by atoms with Crippen LogP contribution in [0.3, 0.4) is 0 Å². The second-order valence-electron chi connectivity index (χ2n) is 7.24. The number of amides is 1. The molecule has 1 aliphatic heterocycles. The van der Waals surface area contributed by atoms with Crippen molar-refractivity contribution < 1.29 is 33.0 Å². The summed E-state index contributed by atoms with van der Waals surface area (Å²) in [5, 5.41) is 11.5. The van der Waals surface area contributed by atoms with Crippen molar-refractivity contribution in [2.24, 2.45) is 0 Å². The highest BCUT2D eigenvalue weighted by Crippen LogP contribution is 2.45. The fourth-order valence-electron chi connectivity index (χ4n) is 3.80. The molecule has 1 aliphatic rings. The molecular formula is C24H17ClF2N2O5. The molecule has 1 unspecified atom stereocenters. The van der Waals surface area contributed by atoms with E-state index in [1.807, 2.05) is 0 Å². The number of Topliss-reactive ketones (excluding diaryl/α,β-unsaturated/α-hetero) is 1. The second kappa shape index (κ2) is 9.11. The normalized spacial score (nSPS) is 17.2. The maximum absolute atomic E-state index is 14.7. The molecule has 7 nitrogen and oxygen atoms in total. The number of hydrogen-bond donors (Lipinski definition) is 1. The Bertz CT molecular complexity index is 1330. The van der Waals surface area contributed by atoms with Crippen LogP contribution in [0.2, 0.25) is 5.02 Å². The third-order valence-corrected chi connectivity index (χ3v) is 5.64. The van der Waals surface area contributed by atoms with Crippen LogP contribution in [0, 0.1) is 11.6 Å². The van der Waals surface area contributed by atoms with Gasteiger partial charge in [0, 0.05) is 24.5 Å². The highest BCUT2D eigenvalue weighted by molar-refractivity contribution is 6.51. The van der Waals surface area contributed by atoms with E-state index in [-0.39, 0.29) is 33.3 Å². The van der Waals surface area contributed by atoms with E-state index in [0.29, 0.717) is 11.6 Å². The quantitative estimate of drug-likeness (QED) is 0.320. The summed E-state index contributed by atoms with van der Waals surface area (Å²) < 4.78 is 38.7. The molecule has 0 spiro atoms. The largest absolute Gasteiger partial charge is 0.507 e. The van der Waals surface area contributed by atoms with Crippen molar-refractivity contribution in [1.82, 2.24) is 4.98 Å². The fraction of sp³-hybridized carbons (Fsp3) is 0.125. The Balaban J connectivity index is 2.01. The summed E-state index contributed by atoms with van der Waals surface area (Å²) in [4.78, 5) is 31.1. The van der Waals surface area contributed by atoms with Crippen LogP contribution in [0.4, 0.5) is 14.5 Å². The van der Waals surface area contributed by atoms with Crippen LogP contribution in [0.25, 0.3) is 5.76 Å². The lowest BCUT2D eigenvalue weighted by Crippen LogP contribution is -2.30. The van der Waals surface area contributed by atoms with E-state index < -0.39 is 35.1 Å². The van der Waals surface area contributed by atoms with E-state index in [9.17, 15) is 23.5 Å². The maximum Gasteiger partial charge on any atom is 0.300 e. The number of aliphatic hydroxyl groups excluding tert-OH is 1. The van der Waals surface area contributed by atoms with Gasteiger partial charge in [-0.2, -0.15) is 0 Å². The molecule has 1 amide bonds. The van der Waals surface area contributed by atoms with Crippen molar-refractivity contribution >= 4 is 34.7 Å². The number of methoxy groups -OCH3 is 2. The predicted molar refractivity (Wildman–Crippen MR) is 120 cm³/mol. The molecule has 1 atom stereocenters. The molecule has 174 valence electrons. The molecule has 3 aromatic rings. The molecule has 2 heterocycles. The first kappa shape index (κ1) is 23.2. The van der Waals surface area contributed by atoms with Crippen molar-refractivity contribution in [2.75, 3.05) is 19.1 Å². The second-order valence-corrected chi connectivity index (χ2v) is 7.65. The Labute approximate surface area is 197 Å². The van der Waals surface area contributed by atoms with Gasteiger partial charge >= 0.3 is 0 Å². The standard InChI is InChI=1S/C24H17ClF2N2O5/c1-33-18-10-15(25)19(34-2)9-14(18)22(30)20-21(12-4-3-7-28-11-12)29(24(32)23(20)31)17-6-5-13(26)8-16(17)27/h3-11,21,30H,1-2H3/b22-20+. The van der Waals surface area contributed by atoms with Crippen LogP contribution in [0.1, 0.15) is 17.2 Å². The Morgan fingerprint density at radius 3 is 2.44 bits per heavy atom. The molecule has 1 N–H and O–H groups in total. The molecule has 34 heavy (non-hydrogen) atoms. The van der Waals surface area contributed by atoms with Gasteiger partial charge in [0.05, 0.1) is 42.1 Å². The van der Waals surface area contributed by atoms with Crippen molar-refractivity contribution in [3.8, 4) is 11.5 Å². The molecule has 0 saturated carbocycles. The van der Waals surface area contributed by atoms with Gasteiger partial charge in [0.25, 0.3) is 11.7 Å². The van der Waals surface area contributed by atoms with E-state index >= 15 is 0 Å². The smallest absolute Gasteiger partial charge is 0.300 e. The number of aromatic nitrogens is 1. The Hall–Kier alpha value is -3.98. The first-order valence-corrected chi connectivity index (χ1v) is 10.2. The summed E-state index contributed by atoms with van der Waals surface area (Å²) in [6.07, 6.45) is 2.85. The molecule has 0 aliphatic carbocycles. The molecule has 1 aromatic heterocycles. The lowest BCUT2D eigenvalue weighted by atomic mass is 9.95. The zero-order valence-electron chi connectivity index (χ0n) is 17.9. The van der Waals surface area contributed by atoms with E-state index in [1.54, 1.807) is 12.1 Å². The first-order chi connectivity index (χ1) is 16.3. The molecule has 0 radical (unpaired) electrons. The number of nitrogens with zero attached hydrogens (tertiary/aromatic N) is 2. The highest BCUT2D eigenvalue weighted by Gasteiger charge is 2.48. The third kappa shape index (κ3) is 3.84. The number of carbonyl (C=O) groups excluding carboxylic acids is 2. The van der Waals surface area contributed by atoms with E-state index in [4.69, 9.17) is 21.1 Å². The summed E-state index contributed by atoms with van der Waals surface area (Å²) in [6.45, 7) is 0. The fourth-order valence-corrected chi connectivity index (χ4v) is 4.03. The summed E-state index contributed by atoms with van der Waals surface area (Å²) >= 11 is 6.14. The number of benzene rings is 2. The van der Waals surface area contributed by atoms with E-state index in [1.165, 1.54) is 38.7 Å². The van der Waals surface area contributed by atoms with Crippen LogP contribution in [-0.4, -0.2) is 36.0 Å². The van der Waals surface area contributed by atoms with Gasteiger partial charge < -0.3 is 14.6 Å². The molecule has 1 saturated heterocycles. The van der Waals surface area contributed by atoms with Crippen molar-refractivity contribution in [2.45, 2.75) is 6.04 Å². The molecule has 0 bridgehead atoms. The summed E-state index contributed by atoms with van der Waals surface area (Å²) in [5.74, 6) is -4.40. The Morgan fingerprint density at radius 2 is 1.82 bits per heavy atom. The first-order valence-electron chi connectivity index (χ1n) is 9.86. The number of ketones is 1. The topological polar surface area (TPSA) is 89.0 Å². The van der Waals surface area contributed by atoms with Gasteiger partial charge in [0.2, 0.25) is 0 Å². The van der Waals surface area contributed by atoms with Crippen molar-refractivity contribution in [1.29, 1.82) is 0 Å². The average molecular weight is 487 g/mol. The number of rotatable bonds is 5. The minimum Gasteiger partial charge on any atom is -0.507 e. The van der Waals surface area contributed by atoms with Gasteiger partial charge in [0.1, 0.15) is 28.9 Å². The number of carbonyl (C=O) groups is 2. The number of halogens is 3. The van der Waals surface area contributed by atoms with Crippen molar-refractivity contribution in [3.05, 3.63) is 88.2 Å². The zero-order valence-corrected chi connectivity index (χ0v) is 18.6. The lowest BCUT2D eigenvalue weighted by molar-refractivity contribution is -0.132. The molecule has 2 aromatic carbocycles. The van der Waals surface area contributed by atoms with Crippen LogP contribution in [-0.2, 0) is 9.59 Å². The number of hydrogen-bond acceptors (Lipinski definition) is 6. The van der Waals surface area contributed by atoms with Gasteiger partial charge in [-0.1, -0.05) is 17.7 Å². The number of pyridine rings is 1. The highest BCUT2D eigenvalue weighted by atomic mass is 35.5. The van der Waals surface area contributed by atoms with Gasteiger partial charge in [-0.15, -0.1) is 0 Å². The molecule has 10 heteroatoms. The minimum absolute atomic E-state index is 0.0234. The van der Waals surface area contributed by atoms with E-state index in [2.05, 4.69) is 4.98 Å². The van der Waals surface area contributed by atoms with E-state index in [0.717, 1.165) is 17.0 Å².